The van der Waals surface area contributed by atoms with Crippen LogP contribution < -0.4 is 10.6 Å². The molecule has 0 aromatic heterocycles. The SMILES string of the molecule is CN1CCC(CN2CCN(c3ccc(F)c(F)c3)C2=O)(c2ccc(-c3cccc(N)c3)cc2)CC1. The summed E-state index contributed by atoms with van der Waals surface area (Å²) < 4.78 is 27.2. The number of rotatable bonds is 5. The third-order valence-corrected chi connectivity index (χ3v) is 7.46. The molecule has 2 saturated heterocycles. The minimum Gasteiger partial charge on any atom is -0.399 e. The molecule has 0 bridgehead atoms. The van der Waals surface area contributed by atoms with Crippen molar-refractivity contribution in [1.29, 1.82) is 0 Å². The Bertz CT molecular complexity index is 1220. The molecule has 3 aromatic rings. The largest absolute Gasteiger partial charge is 0.399 e. The molecule has 2 fully saturated rings. The second kappa shape index (κ2) is 9.30. The Balaban J connectivity index is 1.40. The van der Waals surface area contributed by atoms with Gasteiger partial charge in [0, 0.05) is 42.5 Å². The van der Waals surface area contributed by atoms with Crippen molar-refractivity contribution in [2.45, 2.75) is 18.3 Å². The van der Waals surface area contributed by atoms with Crippen LogP contribution in [0, 0.1) is 11.6 Å². The van der Waals surface area contributed by atoms with Gasteiger partial charge in [0.05, 0.1) is 0 Å². The minimum atomic E-state index is -0.944. The molecule has 35 heavy (non-hydrogen) atoms. The quantitative estimate of drug-likeness (QED) is 0.520. The van der Waals surface area contributed by atoms with Gasteiger partial charge in [0.25, 0.3) is 0 Å². The fourth-order valence-corrected chi connectivity index (χ4v) is 5.31. The number of anilines is 2. The first-order valence-electron chi connectivity index (χ1n) is 12.0. The Morgan fingerprint density at radius 2 is 1.60 bits per heavy atom. The molecule has 0 spiro atoms. The summed E-state index contributed by atoms with van der Waals surface area (Å²) in [4.78, 5) is 19.0. The first-order valence-corrected chi connectivity index (χ1v) is 12.0. The monoisotopic (exact) mass is 476 g/mol. The molecule has 7 heteroatoms. The normalized spacial score (nSPS) is 18.3. The van der Waals surface area contributed by atoms with E-state index < -0.39 is 11.6 Å². The van der Waals surface area contributed by atoms with E-state index in [1.807, 2.05) is 29.2 Å². The van der Waals surface area contributed by atoms with Gasteiger partial charge in [0.15, 0.2) is 11.6 Å². The molecule has 2 aliphatic heterocycles. The summed E-state index contributed by atoms with van der Waals surface area (Å²) in [5, 5.41) is 0. The lowest BCUT2D eigenvalue weighted by molar-refractivity contribution is 0.147. The van der Waals surface area contributed by atoms with E-state index in [0.29, 0.717) is 25.3 Å². The second-order valence-electron chi connectivity index (χ2n) is 9.74. The van der Waals surface area contributed by atoms with Crippen molar-refractivity contribution in [2.24, 2.45) is 0 Å². The van der Waals surface area contributed by atoms with Crippen LogP contribution in [0.2, 0.25) is 0 Å². The van der Waals surface area contributed by atoms with Gasteiger partial charge in [-0.15, -0.1) is 0 Å². The Kier molecular flexibility index (Phi) is 6.19. The highest BCUT2D eigenvalue weighted by Gasteiger charge is 2.41. The summed E-state index contributed by atoms with van der Waals surface area (Å²) in [5.41, 5.74) is 10.3. The van der Waals surface area contributed by atoms with Crippen molar-refractivity contribution in [3.63, 3.8) is 0 Å². The first-order chi connectivity index (χ1) is 16.8. The van der Waals surface area contributed by atoms with Crippen molar-refractivity contribution in [1.82, 2.24) is 9.80 Å². The number of amides is 2. The lowest BCUT2D eigenvalue weighted by Gasteiger charge is -2.43. The van der Waals surface area contributed by atoms with Crippen molar-refractivity contribution in [2.75, 3.05) is 50.4 Å². The number of halogens is 2. The number of hydrogen-bond acceptors (Lipinski definition) is 3. The van der Waals surface area contributed by atoms with Crippen LogP contribution in [0.4, 0.5) is 25.0 Å². The Morgan fingerprint density at radius 3 is 2.29 bits per heavy atom. The molecule has 0 unspecified atom stereocenters. The van der Waals surface area contributed by atoms with Gasteiger partial charge in [0.2, 0.25) is 0 Å². The van der Waals surface area contributed by atoms with Gasteiger partial charge in [-0.3, -0.25) is 4.90 Å². The zero-order chi connectivity index (χ0) is 24.6. The maximum atomic E-state index is 13.8. The number of piperidine rings is 1. The van der Waals surface area contributed by atoms with Gasteiger partial charge in [-0.1, -0.05) is 36.4 Å². The number of likely N-dealkylation sites (tertiary alicyclic amines) is 1. The molecule has 0 saturated carbocycles. The van der Waals surface area contributed by atoms with Gasteiger partial charge in [-0.25, -0.2) is 13.6 Å². The van der Waals surface area contributed by atoms with Crippen molar-refractivity contribution in [3.8, 4) is 11.1 Å². The number of urea groups is 1. The van der Waals surface area contributed by atoms with Crippen molar-refractivity contribution >= 4 is 17.4 Å². The maximum Gasteiger partial charge on any atom is 0.324 e. The summed E-state index contributed by atoms with van der Waals surface area (Å²) in [6, 6.07) is 19.9. The lowest BCUT2D eigenvalue weighted by atomic mass is 9.72. The van der Waals surface area contributed by atoms with Gasteiger partial charge in [-0.05, 0) is 73.9 Å². The molecular weight excluding hydrogens is 446 g/mol. The molecule has 2 aliphatic rings. The molecule has 0 atom stereocenters. The molecule has 5 rings (SSSR count). The van der Waals surface area contributed by atoms with Crippen LogP contribution in [0.1, 0.15) is 18.4 Å². The smallest absolute Gasteiger partial charge is 0.324 e. The van der Waals surface area contributed by atoms with Crippen LogP contribution in [0.25, 0.3) is 11.1 Å². The summed E-state index contributed by atoms with van der Waals surface area (Å²) in [6.07, 6.45) is 1.88. The summed E-state index contributed by atoms with van der Waals surface area (Å²) in [5.74, 6) is -1.86. The fourth-order valence-electron chi connectivity index (χ4n) is 5.31. The average molecular weight is 477 g/mol. The van der Waals surface area contributed by atoms with E-state index >= 15 is 0 Å². The third-order valence-electron chi connectivity index (χ3n) is 7.46. The van der Waals surface area contributed by atoms with Crippen LogP contribution >= 0.6 is 0 Å². The summed E-state index contributed by atoms with van der Waals surface area (Å²) in [6.45, 7) is 3.50. The second-order valence-corrected chi connectivity index (χ2v) is 9.74. The standard InChI is InChI=1S/C28H30F2N4O/c1-32-13-11-28(12-14-32,22-7-5-20(6-8-22)21-3-2-4-23(31)17-21)19-33-15-16-34(27(33)35)24-9-10-25(29)26(30)18-24/h2-10,17-18H,11-16,19,31H2,1H3. The number of benzene rings is 3. The Morgan fingerprint density at radius 1 is 0.857 bits per heavy atom. The highest BCUT2D eigenvalue weighted by molar-refractivity contribution is 5.94. The number of carbonyl (C=O) groups is 1. The van der Waals surface area contributed by atoms with Crippen LogP contribution in [0.15, 0.2) is 66.7 Å². The maximum absolute atomic E-state index is 13.8. The Hall–Kier alpha value is -3.45. The van der Waals surface area contributed by atoms with Crippen LogP contribution in [-0.2, 0) is 5.41 Å². The van der Waals surface area contributed by atoms with Gasteiger partial charge in [0.1, 0.15) is 0 Å². The predicted octanol–water partition coefficient (Wildman–Crippen LogP) is 5.12. The fraction of sp³-hybridized carbons (Fsp3) is 0.321. The van der Waals surface area contributed by atoms with E-state index in [-0.39, 0.29) is 11.4 Å². The van der Waals surface area contributed by atoms with Crippen molar-refractivity contribution < 1.29 is 13.6 Å². The van der Waals surface area contributed by atoms with Crippen LogP contribution in [0.3, 0.4) is 0 Å². The van der Waals surface area contributed by atoms with Crippen molar-refractivity contribution in [3.05, 3.63) is 83.9 Å². The average Bonchev–Trinajstić information content (AvgIpc) is 3.22. The predicted molar refractivity (Wildman–Crippen MR) is 135 cm³/mol. The number of carbonyl (C=O) groups excluding carboxylic acids is 1. The molecule has 2 heterocycles. The number of nitrogens with two attached hydrogens (primary N) is 1. The van der Waals surface area contributed by atoms with E-state index in [2.05, 4.69) is 36.2 Å². The summed E-state index contributed by atoms with van der Waals surface area (Å²) >= 11 is 0. The molecule has 0 radical (unpaired) electrons. The topological polar surface area (TPSA) is 52.8 Å². The Labute approximate surface area is 204 Å². The number of nitrogens with zero attached hydrogens (tertiary/aromatic N) is 3. The van der Waals surface area contributed by atoms with Gasteiger partial charge < -0.3 is 15.5 Å². The minimum absolute atomic E-state index is 0.161. The molecular formula is C28H30F2N4O. The van der Waals surface area contributed by atoms with E-state index in [4.69, 9.17) is 5.73 Å². The zero-order valence-electron chi connectivity index (χ0n) is 19.9. The van der Waals surface area contributed by atoms with E-state index in [0.717, 1.165) is 54.9 Å². The number of nitrogen functional groups attached to an aromatic ring is 1. The van der Waals surface area contributed by atoms with E-state index in [9.17, 15) is 13.6 Å². The van der Waals surface area contributed by atoms with E-state index in [1.165, 1.54) is 16.5 Å². The van der Waals surface area contributed by atoms with Crippen LogP contribution in [-0.4, -0.2) is 55.6 Å². The lowest BCUT2D eigenvalue weighted by Crippen LogP contribution is -2.49. The molecule has 2 N–H and O–H groups in total. The summed E-state index contributed by atoms with van der Waals surface area (Å²) in [7, 11) is 2.12. The van der Waals surface area contributed by atoms with Gasteiger partial charge in [-0.2, -0.15) is 0 Å². The molecule has 3 aromatic carbocycles. The molecule has 0 aliphatic carbocycles. The number of hydrogen-bond donors (Lipinski definition) is 1. The first kappa shape index (κ1) is 23.3. The molecule has 182 valence electrons. The molecule has 2 amide bonds. The zero-order valence-corrected chi connectivity index (χ0v) is 19.9. The molecule has 5 nitrogen and oxygen atoms in total. The van der Waals surface area contributed by atoms with E-state index in [1.54, 1.807) is 0 Å². The third kappa shape index (κ3) is 4.60. The highest BCUT2D eigenvalue weighted by atomic mass is 19.2. The highest BCUT2D eigenvalue weighted by Crippen LogP contribution is 2.38. The van der Waals surface area contributed by atoms with Gasteiger partial charge >= 0.3 is 6.03 Å². The van der Waals surface area contributed by atoms with Crippen LogP contribution in [0.5, 0.6) is 0 Å².